The molecule has 0 amide bonds. The second-order valence-electron chi connectivity index (χ2n) is 4.89. The van der Waals surface area contributed by atoms with Gasteiger partial charge in [-0.3, -0.25) is 0 Å². The molecule has 0 saturated carbocycles. The number of nitrogens with one attached hydrogen (secondary N) is 1. The Labute approximate surface area is 84.9 Å². The molecule has 1 aliphatic heterocycles. The Kier molecular flexibility index (Phi) is 2.35. The minimum Gasteiger partial charge on any atom is -0.445 e. The Morgan fingerprint density at radius 3 is 2.64 bits per heavy atom. The fourth-order valence-electron chi connectivity index (χ4n) is 1.63. The van der Waals surface area contributed by atoms with E-state index in [0.29, 0.717) is 0 Å². The minimum atomic E-state index is 0.0274. The van der Waals surface area contributed by atoms with Gasteiger partial charge in [-0.05, 0) is 0 Å². The monoisotopic (exact) mass is 194 g/mol. The zero-order chi connectivity index (χ0) is 10.2. The first-order valence-electron chi connectivity index (χ1n) is 5.27. The molecule has 1 aromatic heterocycles. The summed E-state index contributed by atoms with van der Waals surface area (Å²) in [5.41, 5.74) is 1.18. The van der Waals surface area contributed by atoms with Gasteiger partial charge in [0.15, 0.2) is 5.89 Å². The molecule has 0 radical (unpaired) electrons. The van der Waals surface area contributed by atoms with Crippen LogP contribution in [0.15, 0.2) is 4.42 Å². The molecule has 0 fully saturated rings. The highest BCUT2D eigenvalue weighted by molar-refractivity contribution is 5.15. The Morgan fingerprint density at radius 1 is 1.21 bits per heavy atom. The summed E-state index contributed by atoms with van der Waals surface area (Å²) >= 11 is 0. The lowest BCUT2D eigenvalue weighted by molar-refractivity contribution is 0.371. The smallest absolute Gasteiger partial charge is 0.200 e. The summed E-state index contributed by atoms with van der Waals surface area (Å²) in [5, 5.41) is 3.34. The van der Waals surface area contributed by atoms with E-state index < -0.39 is 0 Å². The third kappa shape index (κ3) is 1.82. The van der Waals surface area contributed by atoms with Gasteiger partial charge < -0.3 is 9.73 Å². The van der Waals surface area contributed by atoms with Crippen LogP contribution in [0.5, 0.6) is 0 Å². The maximum Gasteiger partial charge on any atom is 0.200 e. The molecule has 0 atom stereocenters. The van der Waals surface area contributed by atoms with Gasteiger partial charge in [0.05, 0.1) is 5.69 Å². The molecule has 0 unspecified atom stereocenters. The molecule has 0 aliphatic carbocycles. The van der Waals surface area contributed by atoms with Crippen molar-refractivity contribution in [1.82, 2.24) is 10.3 Å². The van der Waals surface area contributed by atoms with Gasteiger partial charge >= 0.3 is 0 Å². The first-order valence-corrected chi connectivity index (χ1v) is 5.27. The molecule has 1 N–H and O–H groups in total. The summed E-state index contributed by atoms with van der Waals surface area (Å²) in [6.45, 7) is 8.43. The molecule has 3 nitrogen and oxygen atoms in total. The highest BCUT2D eigenvalue weighted by atomic mass is 16.4. The predicted octanol–water partition coefficient (Wildman–Crippen LogP) is 1.66. The fourth-order valence-corrected chi connectivity index (χ4v) is 1.63. The van der Waals surface area contributed by atoms with Gasteiger partial charge in [-0.25, -0.2) is 4.98 Å². The molecule has 0 aromatic carbocycles. The van der Waals surface area contributed by atoms with Gasteiger partial charge in [0.2, 0.25) is 0 Å². The quantitative estimate of drug-likeness (QED) is 0.682. The van der Waals surface area contributed by atoms with E-state index in [4.69, 9.17) is 4.42 Å². The second kappa shape index (κ2) is 3.39. The Bertz CT molecular complexity index is 299. The number of hydrogen-bond donors (Lipinski definition) is 1. The van der Waals surface area contributed by atoms with Gasteiger partial charge in [-0.1, -0.05) is 20.8 Å². The first kappa shape index (κ1) is 9.71. The molecular formula is C11H18N2O. The third-order valence-electron chi connectivity index (χ3n) is 2.49. The Morgan fingerprint density at radius 2 is 1.93 bits per heavy atom. The Balaban J connectivity index is 2.31. The van der Waals surface area contributed by atoms with Gasteiger partial charge in [-0.2, -0.15) is 0 Å². The number of aromatic nitrogens is 1. The van der Waals surface area contributed by atoms with E-state index in [0.717, 1.165) is 43.3 Å². The average molecular weight is 194 g/mol. The molecule has 78 valence electrons. The highest BCUT2D eigenvalue weighted by Crippen LogP contribution is 2.25. The normalized spacial score (nSPS) is 17.6. The molecule has 0 bridgehead atoms. The van der Waals surface area contributed by atoms with Crippen LogP contribution in [0.25, 0.3) is 0 Å². The van der Waals surface area contributed by atoms with E-state index in [1.807, 2.05) is 0 Å². The van der Waals surface area contributed by atoms with Crippen molar-refractivity contribution in [1.29, 1.82) is 0 Å². The second-order valence-corrected chi connectivity index (χ2v) is 4.89. The van der Waals surface area contributed by atoms with Crippen LogP contribution in [-0.4, -0.2) is 18.1 Å². The zero-order valence-corrected chi connectivity index (χ0v) is 9.18. The summed E-state index contributed by atoms with van der Waals surface area (Å²) in [5.74, 6) is 1.96. The SMILES string of the molecule is CC(C)(C)c1nc2c(o1)CCNCC2. The van der Waals surface area contributed by atoms with E-state index >= 15 is 0 Å². The standard InChI is InChI=1S/C11H18N2O/c1-11(2,3)10-13-8-4-6-12-7-5-9(8)14-10/h12H,4-7H2,1-3H3. The van der Waals surface area contributed by atoms with Crippen LogP contribution in [0.2, 0.25) is 0 Å². The molecule has 1 aliphatic rings. The van der Waals surface area contributed by atoms with Crippen molar-refractivity contribution in [3.05, 3.63) is 17.3 Å². The lowest BCUT2D eigenvalue weighted by atomic mass is 9.97. The predicted molar refractivity (Wildman–Crippen MR) is 55.5 cm³/mol. The van der Waals surface area contributed by atoms with E-state index in [9.17, 15) is 0 Å². The molecule has 14 heavy (non-hydrogen) atoms. The number of nitrogens with zero attached hydrogens (tertiary/aromatic N) is 1. The summed E-state index contributed by atoms with van der Waals surface area (Å²) in [6.07, 6.45) is 1.97. The Hall–Kier alpha value is -0.830. The number of oxazole rings is 1. The topological polar surface area (TPSA) is 38.1 Å². The lowest BCUT2D eigenvalue weighted by Crippen LogP contribution is -2.17. The van der Waals surface area contributed by atoms with E-state index in [-0.39, 0.29) is 5.41 Å². The van der Waals surface area contributed by atoms with Crippen molar-refractivity contribution >= 4 is 0 Å². The summed E-state index contributed by atoms with van der Waals surface area (Å²) < 4.78 is 5.80. The van der Waals surface area contributed by atoms with Crippen molar-refractivity contribution in [3.8, 4) is 0 Å². The fraction of sp³-hybridized carbons (Fsp3) is 0.727. The third-order valence-corrected chi connectivity index (χ3v) is 2.49. The van der Waals surface area contributed by atoms with Crippen molar-refractivity contribution in [2.24, 2.45) is 0 Å². The van der Waals surface area contributed by atoms with Crippen molar-refractivity contribution < 1.29 is 4.42 Å². The number of rotatable bonds is 0. The van der Waals surface area contributed by atoms with Crippen LogP contribution >= 0.6 is 0 Å². The lowest BCUT2D eigenvalue weighted by Gasteiger charge is -2.12. The molecule has 0 saturated heterocycles. The van der Waals surface area contributed by atoms with Crippen LogP contribution in [0, 0.1) is 0 Å². The van der Waals surface area contributed by atoms with Gasteiger partial charge in [0.25, 0.3) is 0 Å². The molecule has 2 heterocycles. The maximum absolute atomic E-state index is 5.80. The van der Waals surface area contributed by atoms with Crippen molar-refractivity contribution in [3.63, 3.8) is 0 Å². The van der Waals surface area contributed by atoms with E-state index in [2.05, 4.69) is 31.1 Å². The van der Waals surface area contributed by atoms with E-state index in [1.165, 1.54) is 0 Å². The summed E-state index contributed by atoms with van der Waals surface area (Å²) in [7, 11) is 0. The van der Waals surface area contributed by atoms with Gasteiger partial charge in [0, 0.05) is 31.3 Å². The van der Waals surface area contributed by atoms with E-state index in [1.54, 1.807) is 0 Å². The number of fused-ring (bicyclic) bond motifs is 1. The first-order chi connectivity index (χ1) is 6.57. The van der Waals surface area contributed by atoms with Crippen LogP contribution < -0.4 is 5.32 Å². The van der Waals surface area contributed by atoms with Gasteiger partial charge in [-0.15, -0.1) is 0 Å². The molecule has 0 spiro atoms. The van der Waals surface area contributed by atoms with Crippen LogP contribution in [0.4, 0.5) is 0 Å². The van der Waals surface area contributed by atoms with Gasteiger partial charge in [0.1, 0.15) is 5.76 Å². The molecule has 2 rings (SSSR count). The minimum absolute atomic E-state index is 0.0274. The molecule has 3 heteroatoms. The van der Waals surface area contributed by atoms with Crippen LogP contribution in [-0.2, 0) is 18.3 Å². The average Bonchev–Trinajstić information content (AvgIpc) is 2.38. The van der Waals surface area contributed by atoms with Crippen LogP contribution in [0.1, 0.15) is 38.1 Å². The highest BCUT2D eigenvalue weighted by Gasteiger charge is 2.23. The zero-order valence-electron chi connectivity index (χ0n) is 9.18. The summed E-state index contributed by atoms with van der Waals surface area (Å²) in [4.78, 5) is 4.58. The molecular weight excluding hydrogens is 176 g/mol. The summed E-state index contributed by atoms with van der Waals surface area (Å²) in [6, 6.07) is 0. The van der Waals surface area contributed by atoms with Crippen molar-refractivity contribution in [2.45, 2.75) is 39.0 Å². The van der Waals surface area contributed by atoms with Crippen molar-refractivity contribution in [2.75, 3.05) is 13.1 Å². The maximum atomic E-state index is 5.80. The number of hydrogen-bond acceptors (Lipinski definition) is 3. The largest absolute Gasteiger partial charge is 0.445 e. The molecule has 1 aromatic rings. The van der Waals surface area contributed by atoms with Crippen LogP contribution in [0.3, 0.4) is 0 Å².